The van der Waals surface area contributed by atoms with Crippen LogP contribution in [0.3, 0.4) is 0 Å². The fourth-order valence-electron chi connectivity index (χ4n) is 5.65. The van der Waals surface area contributed by atoms with Crippen LogP contribution in [0.15, 0.2) is 60.0 Å². The molecule has 2 saturated carbocycles. The van der Waals surface area contributed by atoms with E-state index in [2.05, 4.69) is 25.4 Å². The first-order chi connectivity index (χ1) is 25.5. The average molecular weight is 777 g/mol. The van der Waals surface area contributed by atoms with Gasteiger partial charge in [0.1, 0.15) is 24.2 Å². The molecule has 2 aromatic heterocycles. The van der Waals surface area contributed by atoms with E-state index in [4.69, 9.17) is 22.1 Å². The third-order valence-corrected chi connectivity index (χ3v) is 9.48. The highest BCUT2D eigenvalue weighted by atomic mass is 35.5. The number of nitrogens with two attached hydrogens (primary N) is 1. The smallest absolute Gasteiger partial charge is 0.411 e. The van der Waals surface area contributed by atoms with Crippen LogP contribution in [0.2, 0.25) is 5.02 Å². The molecule has 19 heteroatoms. The minimum atomic E-state index is -4.72. The Morgan fingerprint density at radius 3 is 2.44 bits per heavy atom. The van der Waals surface area contributed by atoms with Crippen molar-refractivity contribution in [3.8, 4) is 22.6 Å². The van der Waals surface area contributed by atoms with Crippen molar-refractivity contribution in [3.63, 3.8) is 0 Å². The van der Waals surface area contributed by atoms with E-state index in [1.165, 1.54) is 30.3 Å². The number of rotatable bonds is 12. The Labute approximate surface area is 311 Å². The summed E-state index contributed by atoms with van der Waals surface area (Å²) in [6.07, 6.45) is -1.45. The minimum Gasteiger partial charge on any atom is -0.447 e. The van der Waals surface area contributed by atoms with Crippen molar-refractivity contribution >= 4 is 29.6 Å². The lowest BCUT2D eigenvalue weighted by molar-refractivity contribution is -0.164. The van der Waals surface area contributed by atoms with Crippen LogP contribution in [-0.2, 0) is 4.74 Å². The summed E-state index contributed by atoms with van der Waals surface area (Å²) in [7, 11) is 0. The number of carbonyl (C=O) groups is 2. The minimum absolute atomic E-state index is 0.00851. The van der Waals surface area contributed by atoms with Crippen LogP contribution in [0.1, 0.15) is 87.4 Å². The quantitative estimate of drug-likeness (QED) is 0.0860. The van der Waals surface area contributed by atoms with E-state index in [-0.39, 0.29) is 58.3 Å². The highest BCUT2D eigenvalue weighted by Gasteiger charge is 2.64. The monoisotopic (exact) mass is 776 g/mol. The molecule has 6 rings (SSSR count). The number of benzene rings is 2. The van der Waals surface area contributed by atoms with Gasteiger partial charge in [-0.25, -0.2) is 14.5 Å². The zero-order valence-electron chi connectivity index (χ0n) is 29.5. The van der Waals surface area contributed by atoms with Crippen molar-refractivity contribution < 1.29 is 36.3 Å². The predicted molar refractivity (Wildman–Crippen MR) is 187 cm³/mol. The van der Waals surface area contributed by atoms with Crippen LogP contribution in [0, 0.1) is 5.41 Å². The first-order valence-electron chi connectivity index (χ1n) is 17.1. The van der Waals surface area contributed by atoms with Crippen molar-refractivity contribution in [2.45, 2.75) is 83.2 Å². The largest absolute Gasteiger partial charge is 0.447 e. The number of alkyl halides is 5. The third-order valence-electron chi connectivity index (χ3n) is 9.15. The molecule has 2 amide bonds. The fraction of sp³-hybridized carbons (Fsp3) is 0.457. The van der Waals surface area contributed by atoms with E-state index in [1.807, 2.05) is 32.3 Å². The van der Waals surface area contributed by atoms with E-state index in [1.54, 1.807) is 16.8 Å². The van der Waals surface area contributed by atoms with Crippen molar-refractivity contribution in [1.29, 1.82) is 0 Å². The molecule has 2 aliphatic rings. The number of aromatic nitrogens is 6. The van der Waals surface area contributed by atoms with Crippen molar-refractivity contribution in [2.75, 3.05) is 13.2 Å². The molecule has 288 valence electrons. The Hall–Kier alpha value is -5.13. The van der Waals surface area contributed by atoms with Gasteiger partial charge < -0.3 is 15.8 Å². The van der Waals surface area contributed by atoms with Crippen LogP contribution in [0.4, 0.5) is 26.7 Å². The maximum atomic E-state index is 14.5. The molecule has 0 spiro atoms. The van der Waals surface area contributed by atoms with Gasteiger partial charge in [0.25, 0.3) is 5.91 Å². The van der Waals surface area contributed by atoms with Gasteiger partial charge in [-0.15, -0.1) is 5.10 Å². The number of guanidine groups is 1. The molecule has 3 N–H and O–H groups in total. The summed E-state index contributed by atoms with van der Waals surface area (Å²) in [5, 5.41) is 13.9. The first-order valence-corrected chi connectivity index (χ1v) is 17.5. The maximum Gasteiger partial charge on any atom is 0.411 e. The topological polar surface area (TPSA) is 158 Å². The van der Waals surface area contributed by atoms with E-state index in [0.717, 1.165) is 24.1 Å². The second-order valence-corrected chi connectivity index (χ2v) is 14.9. The second kappa shape index (κ2) is 14.9. The molecule has 0 unspecified atom stereocenters. The Kier molecular flexibility index (Phi) is 10.7. The number of aliphatic imine (C=N–C) groups is 1. The lowest BCUT2D eigenvalue weighted by atomic mass is 9.92. The van der Waals surface area contributed by atoms with Gasteiger partial charge in [0.05, 0.1) is 23.3 Å². The average Bonchev–Trinajstić information content (AvgIpc) is 4.00. The molecule has 13 nitrogen and oxygen atoms in total. The van der Waals surface area contributed by atoms with Crippen molar-refractivity contribution in [2.24, 2.45) is 16.1 Å². The number of halogens is 6. The molecule has 2 aliphatic carbocycles. The summed E-state index contributed by atoms with van der Waals surface area (Å²) in [5.41, 5.74) is 5.49. The van der Waals surface area contributed by atoms with Crippen LogP contribution in [0.25, 0.3) is 22.6 Å². The van der Waals surface area contributed by atoms with Crippen molar-refractivity contribution in [1.82, 2.24) is 40.0 Å². The first kappa shape index (κ1) is 38.6. The zero-order chi connectivity index (χ0) is 39.0. The summed E-state index contributed by atoms with van der Waals surface area (Å²) in [6, 6.07) is 9.48. The van der Waals surface area contributed by atoms with Crippen LogP contribution < -0.4 is 11.1 Å². The number of carbonyl (C=O) groups excluding carboxylic acids is 2. The molecular formula is C35H38ClF5N10O3. The van der Waals surface area contributed by atoms with Gasteiger partial charge in [-0.2, -0.15) is 31.7 Å². The molecule has 0 saturated heterocycles. The van der Waals surface area contributed by atoms with Crippen LogP contribution in [0.5, 0.6) is 0 Å². The zero-order valence-corrected chi connectivity index (χ0v) is 30.3. The Bertz CT molecular complexity index is 2020. The SMILES string of the molecule is CC(C)(C)CCN=C(N)N(C(=O)c1ccc(-c2cn(C3CC3)nn2)cc1)[C@H](COC(=O)NC1(C(F)(F)F)CC1)c1ccc(Cl)c(-c2ncnn2C(F)F)c1. The predicted octanol–water partition coefficient (Wildman–Crippen LogP) is 7.34. The Balaban J connectivity index is 1.39. The van der Waals surface area contributed by atoms with Gasteiger partial charge in [0.2, 0.25) is 0 Å². The third kappa shape index (κ3) is 8.63. The van der Waals surface area contributed by atoms with E-state index < -0.39 is 42.9 Å². The van der Waals surface area contributed by atoms with Gasteiger partial charge in [0.15, 0.2) is 11.8 Å². The van der Waals surface area contributed by atoms with Gasteiger partial charge in [-0.3, -0.25) is 14.7 Å². The standard InChI is InChI=1S/C35H38ClF5N10O3/c1-33(2,3)14-15-43-31(42)50(29(52)21-6-4-20(5-7-21)26-17-49(48-47-26)23-9-10-23)27(18-54-32(53)46-34(12-13-34)35(39,40)41)22-8-11-25(36)24(16-22)28-44-19-45-51(28)30(37)38/h4-8,11,16-17,19,23,27,30H,9-10,12-15,18H2,1-3H3,(H2,42,43)(H,46,53)/t27-/m1/s1. The summed E-state index contributed by atoms with van der Waals surface area (Å²) < 4.78 is 76.3. The fourth-order valence-corrected chi connectivity index (χ4v) is 5.86. The van der Waals surface area contributed by atoms with E-state index >= 15 is 0 Å². The summed E-state index contributed by atoms with van der Waals surface area (Å²) in [5.74, 6) is -1.32. The van der Waals surface area contributed by atoms with Crippen LogP contribution in [-0.4, -0.2) is 77.5 Å². The molecule has 54 heavy (non-hydrogen) atoms. The van der Waals surface area contributed by atoms with E-state index in [0.29, 0.717) is 28.4 Å². The van der Waals surface area contributed by atoms with Gasteiger partial charge in [-0.05, 0) is 67.3 Å². The highest BCUT2D eigenvalue weighted by molar-refractivity contribution is 6.33. The number of nitrogens with zero attached hydrogens (tertiary/aromatic N) is 8. The lowest BCUT2D eigenvalue weighted by Crippen LogP contribution is -2.49. The normalized spacial score (nSPS) is 16.3. The number of nitrogens with one attached hydrogen (secondary N) is 1. The number of amides is 2. The molecule has 0 radical (unpaired) electrons. The van der Waals surface area contributed by atoms with Crippen LogP contribution >= 0.6 is 11.6 Å². The Morgan fingerprint density at radius 1 is 1.13 bits per heavy atom. The second-order valence-electron chi connectivity index (χ2n) is 14.5. The molecule has 1 atom stereocenters. The Morgan fingerprint density at radius 2 is 1.83 bits per heavy atom. The molecule has 0 bridgehead atoms. The number of hydrogen-bond donors (Lipinski definition) is 2. The molecule has 0 aliphatic heterocycles. The van der Waals surface area contributed by atoms with E-state index in [9.17, 15) is 31.5 Å². The lowest BCUT2D eigenvalue weighted by Gasteiger charge is -2.32. The maximum absolute atomic E-state index is 14.5. The summed E-state index contributed by atoms with van der Waals surface area (Å²) in [6.45, 7) is 2.33. The molecular weight excluding hydrogens is 739 g/mol. The van der Waals surface area contributed by atoms with Gasteiger partial charge in [0, 0.05) is 23.2 Å². The molecule has 2 aromatic carbocycles. The summed E-state index contributed by atoms with van der Waals surface area (Å²) >= 11 is 6.45. The highest BCUT2D eigenvalue weighted by Crippen LogP contribution is 2.49. The molecule has 2 heterocycles. The molecule has 4 aromatic rings. The number of alkyl carbamates (subject to hydrolysis) is 1. The van der Waals surface area contributed by atoms with Gasteiger partial charge in [-0.1, -0.05) is 55.8 Å². The van der Waals surface area contributed by atoms with Gasteiger partial charge >= 0.3 is 18.8 Å². The molecule has 2 fully saturated rings. The number of hydrogen-bond acceptors (Lipinski definition) is 8. The number of ether oxygens (including phenoxy) is 1. The van der Waals surface area contributed by atoms with Crippen molar-refractivity contribution in [3.05, 3.63) is 71.1 Å². The summed E-state index contributed by atoms with van der Waals surface area (Å²) in [4.78, 5) is 36.9.